The van der Waals surface area contributed by atoms with Gasteiger partial charge in [0.15, 0.2) is 0 Å². The van der Waals surface area contributed by atoms with Gasteiger partial charge in [-0.05, 0) is 6.42 Å². The number of hydrogen-bond acceptors (Lipinski definition) is 4. The van der Waals surface area contributed by atoms with Crippen molar-refractivity contribution in [3.05, 3.63) is 22.2 Å². The molecule has 0 spiro atoms. The molecule has 0 bridgehead atoms. The third-order valence-electron chi connectivity index (χ3n) is 2.88. The maximum absolute atomic E-state index is 11.6. The number of carbonyl (C=O) groups is 1. The van der Waals surface area contributed by atoms with E-state index in [1.54, 1.807) is 0 Å². The minimum absolute atomic E-state index is 0.0271. The summed E-state index contributed by atoms with van der Waals surface area (Å²) in [4.78, 5) is 32.1. The lowest BCUT2D eigenvalue weighted by molar-refractivity contribution is -0.119. The first-order valence-corrected chi connectivity index (χ1v) is 6.19. The molecule has 1 amide bonds. The molecule has 1 aromatic heterocycles. The van der Waals surface area contributed by atoms with Crippen molar-refractivity contribution in [3.63, 3.8) is 0 Å². The summed E-state index contributed by atoms with van der Waals surface area (Å²) >= 11 is 0. The summed E-state index contributed by atoms with van der Waals surface area (Å²) < 4.78 is 0. The van der Waals surface area contributed by atoms with E-state index in [9.17, 15) is 9.59 Å². The zero-order valence-electron chi connectivity index (χ0n) is 10.7. The van der Waals surface area contributed by atoms with Gasteiger partial charge in [-0.25, -0.2) is 4.98 Å². The monoisotopic (exact) mass is 250 g/mol. The Kier molecular flexibility index (Phi) is 3.64. The molecule has 1 saturated heterocycles. The molecule has 1 aromatic rings. The first-order chi connectivity index (χ1) is 8.56. The summed E-state index contributed by atoms with van der Waals surface area (Å²) in [5.41, 5.74) is -0.173. The van der Waals surface area contributed by atoms with Crippen LogP contribution in [0.5, 0.6) is 0 Å². The lowest BCUT2D eigenvalue weighted by atomic mass is 10.2. The molecule has 2 rings (SSSR count). The van der Waals surface area contributed by atoms with Gasteiger partial charge >= 0.3 is 0 Å². The van der Waals surface area contributed by atoms with Gasteiger partial charge in [0.05, 0.1) is 6.54 Å². The Morgan fingerprint density at radius 1 is 1.39 bits per heavy atom. The van der Waals surface area contributed by atoms with Gasteiger partial charge < -0.3 is 15.2 Å². The Labute approximate surface area is 105 Å². The highest BCUT2D eigenvalue weighted by Crippen LogP contribution is 2.13. The van der Waals surface area contributed by atoms with E-state index < -0.39 is 0 Å². The fourth-order valence-corrected chi connectivity index (χ4v) is 1.90. The van der Waals surface area contributed by atoms with Crippen LogP contribution in [-0.4, -0.2) is 35.5 Å². The molecular formula is C12H18N4O2. The van der Waals surface area contributed by atoms with E-state index in [2.05, 4.69) is 15.3 Å². The van der Waals surface area contributed by atoms with Crippen molar-refractivity contribution < 1.29 is 4.79 Å². The average molecular weight is 250 g/mol. The minimum Gasteiger partial charge on any atom is -0.354 e. The normalized spacial score (nSPS) is 16.6. The van der Waals surface area contributed by atoms with Crippen molar-refractivity contribution in [1.29, 1.82) is 0 Å². The fraction of sp³-hybridized carbons (Fsp3) is 0.583. The molecule has 1 aliphatic heterocycles. The number of nitrogens with zero attached hydrogens (tertiary/aromatic N) is 2. The number of hydrogen-bond donors (Lipinski definition) is 2. The topological polar surface area (TPSA) is 78.1 Å². The predicted molar refractivity (Wildman–Crippen MR) is 68.8 cm³/mol. The maximum Gasteiger partial charge on any atom is 0.252 e. The predicted octanol–water partition coefficient (Wildman–Crippen LogP) is 0.220. The van der Waals surface area contributed by atoms with E-state index in [0.717, 1.165) is 13.0 Å². The summed E-state index contributed by atoms with van der Waals surface area (Å²) in [6.07, 6.45) is 0.858. The number of amides is 1. The second kappa shape index (κ2) is 5.20. The molecule has 2 N–H and O–H groups in total. The van der Waals surface area contributed by atoms with Crippen molar-refractivity contribution >= 4 is 11.7 Å². The fourth-order valence-electron chi connectivity index (χ4n) is 1.90. The van der Waals surface area contributed by atoms with Crippen LogP contribution >= 0.6 is 0 Å². The van der Waals surface area contributed by atoms with E-state index in [4.69, 9.17) is 0 Å². The second-order valence-corrected chi connectivity index (χ2v) is 4.77. The summed E-state index contributed by atoms with van der Waals surface area (Å²) in [6.45, 7) is 5.60. The van der Waals surface area contributed by atoms with Crippen molar-refractivity contribution in [1.82, 2.24) is 15.3 Å². The minimum atomic E-state index is -0.173. The Hall–Kier alpha value is -1.85. The molecule has 1 aliphatic rings. The van der Waals surface area contributed by atoms with Gasteiger partial charge in [-0.3, -0.25) is 9.59 Å². The van der Waals surface area contributed by atoms with Gasteiger partial charge in [0, 0.05) is 25.1 Å². The van der Waals surface area contributed by atoms with E-state index in [1.807, 2.05) is 18.7 Å². The highest BCUT2D eigenvalue weighted by Gasteiger charge is 2.17. The van der Waals surface area contributed by atoms with Crippen LogP contribution in [0.3, 0.4) is 0 Å². The van der Waals surface area contributed by atoms with Gasteiger partial charge in [-0.15, -0.1) is 0 Å². The number of H-pyrrole nitrogens is 1. The van der Waals surface area contributed by atoms with Crippen molar-refractivity contribution in [3.8, 4) is 0 Å². The summed E-state index contributed by atoms with van der Waals surface area (Å²) in [7, 11) is 0. The average Bonchev–Trinajstić information content (AvgIpc) is 2.53. The smallest absolute Gasteiger partial charge is 0.252 e. The van der Waals surface area contributed by atoms with E-state index >= 15 is 0 Å². The van der Waals surface area contributed by atoms with Crippen molar-refractivity contribution in [2.75, 3.05) is 24.5 Å². The second-order valence-electron chi connectivity index (χ2n) is 4.77. The third kappa shape index (κ3) is 2.88. The Bertz CT molecular complexity index is 495. The van der Waals surface area contributed by atoms with Crippen LogP contribution in [-0.2, 0) is 4.79 Å². The van der Waals surface area contributed by atoms with Gasteiger partial charge in [-0.1, -0.05) is 13.8 Å². The molecule has 2 heterocycles. The zero-order valence-corrected chi connectivity index (χ0v) is 10.7. The van der Waals surface area contributed by atoms with E-state index in [-0.39, 0.29) is 23.9 Å². The number of anilines is 1. The summed E-state index contributed by atoms with van der Waals surface area (Å²) in [6, 6.07) is 1.45. The van der Waals surface area contributed by atoms with Crippen LogP contribution in [0, 0.1) is 0 Å². The van der Waals surface area contributed by atoms with E-state index in [0.29, 0.717) is 18.2 Å². The van der Waals surface area contributed by atoms with Crippen molar-refractivity contribution in [2.45, 2.75) is 26.2 Å². The molecule has 1 fully saturated rings. The Balaban J connectivity index is 2.31. The van der Waals surface area contributed by atoms with Gasteiger partial charge in [-0.2, -0.15) is 0 Å². The molecule has 0 unspecified atom stereocenters. The molecular weight excluding hydrogens is 232 g/mol. The van der Waals surface area contributed by atoms with Gasteiger partial charge in [0.2, 0.25) is 5.91 Å². The highest BCUT2D eigenvalue weighted by molar-refractivity contribution is 5.81. The number of aromatic amines is 1. The number of rotatable bonds is 2. The highest BCUT2D eigenvalue weighted by atomic mass is 16.2. The molecule has 0 atom stereocenters. The SMILES string of the molecule is CC(C)c1nc(N2CCCNC(=O)C2)cc(=O)[nH]1. The first-order valence-electron chi connectivity index (χ1n) is 6.19. The molecule has 6 heteroatoms. The van der Waals surface area contributed by atoms with Crippen molar-refractivity contribution in [2.24, 2.45) is 0 Å². The standard InChI is InChI=1S/C12H18N4O2/c1-8(2)12-14-9(6-10(17)15-12)16-5-3-4-13-11(18)7-16/h6,8H,3-5,7H2,1-2H3,(H,13,18)(H,14,15,17). The molecule has 18 heavy (non-hydrogen) atoms. The number of aromatic nitrogens is 2. The molecule has 0 aromatic carbocycles. The Morgan fingerprint density at radius 3 is 2.89 bits per heavy atom. The lowest BCUT2D eigenvalue weighted by Gasteiger charge is -2.20. The van der Waals surface area contributed by atoms with Crippen LogP contribution in [0.15, 0.2) is 10.9 Å². The third-order valence-corrected chi connectivity index (χ3v) is 2.88. The van der Waals surface area contributed by atoms with Gasteiger partial charge in [0.25, 0.3) is 5.56 Å². The van der Waals surface area contributed by atoms with Crippen LogP contribution in [0.25, 0.3) is 0 Å². The van der Waals surface area contributed by atoms with Crippen LogP contribution in [0.4, 0.5) is 5.82 Å². The van der Waals surface area contributed by atoms with Gasteiger partial charge in [0.1, 0.15) is 11.6 Å². The molecule has 0 aliphatic carbocycles. The maximum atomic E-state index is 11.6. The van der Waals surface area contributed by atoms with Crippen LogP contribution in [0.1, 0.15) is 32.0 Å². The molecule has 0 radical (unpaired) electrons. The first kappa shape index (κ1) is 12.6. The summed E-state index contributed by atoms with van der Waals surface area (Å²) in [5, 5.41) is 2.80. The quantitative estimate of drug-likeness (QED) is 0.787. The molecule has 6 nitrogen and oxygen atoms in total. The zero-order chi connectivity index (χ0) is 13.1. The molecule has 98 valence electrons. The largest absolute Gasteiger partial charge is 0.354 e. The Morgan fingerprint density at radius 2 is 2.17 bits per heavy atom. The number of carbonyl (C=O) groups excluding carboxylic acids is 1. The van der Waals surface area contributed by atoms with E-state index in [1.165, 1.54) is 6.07 Å². The lowest BCUT2D eigenvalue weighted by Crippen LogP contribution is -2.34. The van der Waals surface area contributed by atoms with Crippen LogP contribution < -0.4 is 15.8 Å². The molecule has 0 saturated carbocycles. The number of nitrogens with one attached hydrogen (secondary N) is 2. The summed E-state index contributed by atoms with van der Waals surface area (Å²) in [5.74, 6) is 1.36. The van der Waals surface area contributed by atoms with Crippen LogP contribution in [0.2, 0.25) is 0 Å².